The zero-order valence-corrected chi connectivity index (χ0v) is 22.2. The molecule has 1 aliphatic rings. The molecule has 1 aliphatic carbocycles. The third-order valence-electron chi connectivity index (χ3n) is 6.20. The molecule has 0 fully saturated rings. The van der Waals surface area contributed by atoms with Gasteiger partial charge in [-0.25, -0.2) is 18.8 Å². The first-order valence-corrected chi connectivity index (χ1v) is 14.5. The highest BCUT2D eigenvalue weighted by molar-refractivity contribution is 8.35. The minimum Gasteiger partial charge on any atom is -0.388 e. The molecular formula is C27H41F2NO2S. The van der Waals surface area contributed by atoms with Crippen molar-refractivity contribution in [2.45, 2.75) is 78.4 Å². The molecule has 2 rings (SSSR count). The van der Waals surface area contributed by atoms with E-state index in [9.17, 15) is 14.6 Å². The Morgan fingerprint density at radius 2 is 1.88 bits per heavy atom. The monoisotopic (exact) mass is 481 g/mol. The van der Waals surface area contributed by atoms with Gasteiger partial charge >= 0.3 is 0 Å². The summed E-state index contributed by atoms with van der Waals surface area (Å²) in [7, 11) is -1.69. The van der Waals surface area contributed by atoms with Gasteiger partial charge in [0.1, 0.15) is 11.7 Å². The van der Waals surface area contributed by atoms with Crippen molar-refractivity contribution in [1.29, 1.82) is 0 Å². The van der Waals surface area contributed by atoms with Crippen LogP contribution in [-0.2, 0) is 12.8 Å². The van der Waals surface area contributed by atoms with Crippen LogP contribution in [0.2, 0.25) is 0 Å². The maximum absolute atomic E-state index is 15.1. The van der Waals surface area contributed by atoms with Crippen molar-refractivity contribution in [3.8, 4) is 0 Å². The largest absolute Gasteiger partial charge is 0.388 e. The quantitative estimate of drug-likeness (QED) is 0.389. The number of fused-ring (bicyclic) bond motifs is 1. The summed E-state index contributed by atoms with van der Waals surface area (Å²) < 4.78 is 29.5. The Hall–Kier alpha value is -1.50. The molecule has 0 aliphatic heterocycles. The van der Waals surface area contributed by atoms with E-state index in [2.05, 4.69) is 20.4 Å². The number of rotatable bonds is 8. The van der Waals surface area contributed by atoms with Crippen molar-refractivity contribution in [2.24, 2.45) is 5.41 Å². The van der Waals surface area contributed by atoms with E-state index < -0.39 is 33.9 Å². The van der Waals surface area contributed by atoms with Crippen LogP contribution in [0.1, 0.15) is 93.7 Å². The normalized spacial score (nSPS) is 20.9. The smallest absolute Gasteiger partial charge is 0.137 e. The zero-order valence-electron chi connectivity index (χ0n) is 21.4. The van der Waals surface area contributed by atoms with Gasteiger partial charge in [0, 0.05) is 22.5 Å². The molecule has 0 aromatic carbocycles. The van der Waals surface area contributed by atoms with E-state index in [4.69, 9.17) is 4.98 Å². The lowest BCUT2D eigenvalue weighted by Gasteiger charge is -2.37. The standard InChI is InChI=1S/C27H41F2NO2S/c1-10-17-23-20(14-27(5,6)15-22(23)32)30-25(16(3)4)24(17)21(31)13-12-19(29)26(18(28)11-2)33(7,8)9/h11-12,16,21-22,31-32H,2,10,13-15H2,1,3-9H3/b19-12+,26-18-. The predicted octanol–water partition coefficient (Wildman–Crippen LogP) is 7.11. The first-order chi connectivity index (χ1) is 15.1. The molecule has 0 saturated heterocycles. The molecule has 1 aromatic rings. The lowest BCUT2D eigenvalue weighted by Crippen LogP contribution is -2.29. The zero-order chi connectivity index (χ0) is 25.3. The highest BCUT2D eigenvalue weighted by Gasteiger charge is 2.36. The van der Waals surface area contributed by atoms with Gasteiger partial charge in [-0.1, -0.05) is 41.2 Å². The maximum atomic E-state index is 15.1. The van der Waals surface area contributed by atoms with Gasteiger partial charge in [0.15, 0.2) is 0 Å². The van der Waals surface area contributed by atoms with Crippen LogP contribution in [0.15, 0.2) is 35.3 Å². The number of halogens is 2. The summed E-state index contributed by atoms with van der Waals surface area (Å²) in [5.74, 6) is -1.28. The SMILES string of the molecule is C=C/C(F)=C(\C(F)=C/CC(O)c1c(C(C)C)nc2c(c1CC)C(O)CC(C)(C)C2)S(C)(C)C. The summed E-state index contributed by atoms with van der Waals surface area (Å²) in [6, 6.07) is 0. The predicted molar refractivity (Wildman–Crippen MR) is 137 cm³/mol. The molecule has 0 radical (unpaired) electrons. The summed E-state index contributed by atoms with van der Waals surface area (Å²) in [5, 5.41) is 22.2. The number of pyridine rings is 1. The molecule has 186 valence electrons. The first-order valence-electron chi connectivity index (χ1n) is 11.6. The van der Waals surface area contributed by atoms with Gasteiger partial charge in [-0.3, -0.25) is 4.98 Å². The van der Waals surface area contributed by atoms with Gasteiger partial charge in [0.05, 0.1) is 17.1 Å². The lowest BCUT2D eigenvalue weighted by atomic mass is 9.72. The molecule has 2 atom stereocenters. The second-order valence-corrected chi connectivity index (χ2v) is 14.9. The van der Waals surface area contributed by atoms with Crippen LogP contribution >= 0.6 is 10.0 Å². The number of hydrogen-bond acceptors (Lipinski definition) is 3. The van der Waals surface area contributed by atoms with Crippen molar-refractivity contribution in [1.82, 2.24) is 4.98 Å². The Balaban J connectivity index is 2.59. The van der Waals surface area contributed by atoms with Crippen molar-refractivity contribution in [3.63, 3.8) is 0 Å². The van der Waals surface area contributed by atoms with Crippen LogP contribution < -0.4 is 0 Å². The van der Waals surface area contributed by atoms with E-state index in [1.54, 1.807) is 0 Å². The summed E-state index contributed by atoms with van der Waals surface area (Å²) in [4.78, 5) is 4.94. The maximum Gasteiger partial charge on any atom is 0.137 e. The van der Waals surface area contributed by atoms with Crippen molar-refractivity contribution in [3.05, 3.63) is 63.4 Å². The molecule has 1 heterocycles. The van der Waals surface area contributed by atoms with E-state index in [0.29, 0.717) is 18.4 Å². The molecule has 0 bridgehead atoms. The van der Waals surface area contributed by atoms with Crippen molar-refractivity contribution >= 4 is 10.0 Å². The van der Waals surface area contributed by atoms with E-state index in [1.165, 1.54) is 6.08 Å². The van der Waals surface area contributed by atoms with E-state index in [1.807, 2.05) is 39.5 Å². The van der Waals surface area contributed by atoms with Gasteiger partial charge in [0.2, 0.25) is 0 Å². The molecule has 0 amide bonds. The van der Waals surface area contributed by atoms with Gasteiger partial charge in [-0.05, 0) is 73.5 Å². The fraction of sp³-hybridized carbons (Fsp3) is 0.593. The summed E-state index contributed by atoms with van der Waals surface area (Å²) in [5.41, 5.74) is 4.02. The Morgan fingerprint density at radius 3 is 2.36 bits per heavy atom. The van der Waals surface area contributed by atoms with Crippen LogP contribution in [0.4, 0.5) is 8.78 Å². The van der Waals surface area contributed by atoms with Crippen LogP contribution in [-0.4, -0.2) is 34.0 Å². The van der Waals surface area contributed by atoms with Crippen LogP contribution in [0.25, 0.3) is 0 Å². The number of aliphatic hydroxyl groups excluding tert-OH is 2. The molecule has 0 saturated carbocycles. The fourth-order valence-electron chi connectivity index (χ4n) is 4.83. The first kappa shape index (κ1) is 27.7. The number of nitrogens with zero attached hydrogens (tertiary/aromatic N) is 1. The molecule has 6 heteroatoms. The molecule has 2 N–H and O–H groups in total. The summed E-state index contributed by atoms with van der Waals surface area (Å²) >= 11 is 0. The van der Waals surface area contributed by atoms with Gasteiger partial charge in [0.25, 0.3) is 0 Å². The number of allylic oxidation sites excluding steroid dienone is 3. The molecule has 33 heavy (non-hydrogen) atoms. The van der Waals surface area contributed by atoms with Crippen LogP contribution in [0, 0.1) is 5.41 Å². The fourth-order valence-corrected chi connectivity index (χ4v) is 6.17. The van der Waals surface area contributed by atoms with Crippen LogP contribution in [0.3, 0.4) is 0 Å². The average molecular weight is 482 g/mol. The van der Waals surface area contributed by atoms with Gasteiger partial charge < -0.3 is 10.2 Å². The highest BCUT2D eigenvalue weighted by Crippen LogP contribution is 2.51. The third kappa shape index (κ3) is 6.14. The van der Waals surface area contributed by atoms with E-state index in [0.717, 1.165) is 35.0 Å². The highest BCUT2D eigenvalue weighted by atomic mass is 32.3. The molecule has 0 spiro atoms. The Labute approximate surface area is 200 Å². The van der Waals surface area contributed by atoms with Crippen molar-refractivity contribution in [2.75, 3.05) is 18.8 Å². The van der Waals surface area contributed by atoms with E-state index in [-0.39, 0.29) is 22.7 Å². The number of hydrogen-bond donors (Lipinski definition) is 2. The third-order valence-corrected chi connectivity index (χ3v) is 7.81. The molecule has 1 aromatic heterocycles. The molecule has 3 nitrogen and oxygen atoms in total. The van der Waals surface area contributed by atoms with Crippen LogP contribution in [0.5, 0.6) is 0 Å². The average Bonchev–Trinajstić information content (AvgIpc) is 2.68. The minimum atomic E-state index is -1.69. The topological polar surface area (TPSA) is 53.4 Å². The number of aromatic nitrogens is 1. The summed E-state index contributed by atoms with van der Waals surface area (Å²) in [6.45, 7) is 13.7. The second-order valence-electron chi connectivity index (χ2n) is 10.8. The Kier molecular flexibility index (Phi) is 8.75. The molecule has 2 unspecified atom stereocenters. The van der Waals surface area contributed by atoms with E-state index >= 15 is 4.39 Å². The van der Waals surface area contributed by atoms with Gasteiger partial charge in [-0.15, -0.1) is 0 Å². The summed E-state index contributed by atoms with van der Waals surface area (Å²) in [6.07, 6.45) is 8.10. The molecular weight excluding hydrogens is 440 g/mol. The van der Waals surface area contributed by atoms with Gasteiger partial charge in [-0.2, -0.15) is 0 Å². The Morgan fingerprint density at radius 1 is 1.27 bits per heavy atom. The van der Waals surface area contributed by atoms with Crippen molar-refractivity contribution < 1.29 is 19.0 Å². The minimum absolute atomic E-state index is 0.00987. The Bertz CT molecular complexity index is 958. The lowest BCUT2D eigenvalue weighted by molar-refractivity contribution is 0.0962. The number of aliphatic hydroxyl groups is 2. The second kappa shape index (κ2) is 10.4.